The lowest BCUT2D eigenvalue weighted by molar-refractivity contribution is -0.138. The van der Waals surface area contributed by atoms with E-state index in [-0.39, 0.29) is 6.54 Å². The number of aliphatic carboxylic acids is 1. The largest absolute Gasteiger partial charge is 0.480 e. The Hall–Kier alpha value is -2.13. The molecule has 0 aliphatic rings. The van der Waals surface area contributed by atoms with Gasteiger partial charge in [0.25, 0.3) is 0 Å². The zero-order valence-corrected chi connectivity index (χ0v) is 10.7. The summed E-state index contributed by atoms with van der Waals surface area (Å²) in [5, 5.41) is 11.3. The van der Waals surface area contributed by atoms with E-state index < -0.39 is 5.97 Å². The molecule has 3 nitrogen and oxygen atoms in total. The van der Waals surface area contributed by atoms with Crippen molar-refractivity contribution in [3.63, 3.8) is 0 Å². The number of hydrogen-bond acceptors (Lipinski definition) is 2. The first-order chi connectivity index (χ1) is 9.19. The Morgan fingerprint density at radius 1 is 1.21 bits per heavy atom. The van der Waals surface area contributed by atoms with Gasteiger partial charge in [0, 0.05) is 13.1 Å². The van der Waals surface area contributed by atoms with Gasteiger partial charge in [-0.25, -0.2) is 0 Å². The van der Waals surface area contributed by atoms with Crippen molar-refractivity contribution in [3.05, 3.63) is 60.7 Å². The number of carboxylic acids is 1. The molecule has 0 saturated carbocycles. The molecule has 2 rings (SSSR count). The summed E-state index contributed by atoms with van der Waals surface area (Å²) in [6.45, 7) is 4.87. The van der Waals surface area contributed by atoms with E-state index in [1.54, 1.807) is 6.08 Å². The summed E-state index contributed by atoms with van der Waals surface area (Å²) in [4.78, 5) is 12.7. The van der Waals surface area contributed by atoms with E-state index in [4.69, 9.17) is 5.11 Å². The molecule has 0 aromatic heterocycles. The standard InChI is InChI=1S/C16H17NO2/c1-2-9-17(12-16(18)19)11-13-7-8-14-5-3-4-6-15(14)10-13/h2-8,10H,1,9,11-12H2,(H,18,19). The summed E-state index contributed by atoms with van der Waals surface area (Å²) in [5.41, 5.74) is 1.11. The summed E-state index contributed by atoms with van der Waals surface area (Å²) >= 11 is 0. The number of carboxylic acid groups (broad SMARTS) is 1. The minimum Gasteiger partial charge on any atom is -0.480 e. The number of fused-ring (bicyclic) bond motifs is 1. The Kier molecular flexibility index (Phi) is 4.31. The van der Waals surface area contributed by atoms with Crippen molar-refractivity contribution in [2.24, 2.45) is 0 Å². The molecule has 0 unspecified atom stereocenters. The van der Waals surface area contributed by atoms with Crippen LogP contribution in [0.25, 0.3) is 10.8 Å². The predicted molar refractivity (Wildman–Crippen MR) is 77.1 cm³/mol. The van der Waals surface area contributed by atoms with Crippen molar-refractivity contribution in [2.75, 3.05) is 13.1 Å². The van der Waals surface area contributed by atoms with Crippen LogP contribution < -0.4 is 0 Å². The highest BCUT2D eigenvalue weighted by molar-refractivity contribution is 5.83. The maximum Gasteiger partial charge on any atom is 0.317 e. The molecule has 0 radical (unpaired) electrons. The smallest absolute Gasteiger partial charge is 0.317 e. The third kappa shape index (κ3) is 3.66. The third-order valence-electron chi connectivity index (χ3n) is 2.97. The number of nitrogens with zero attached hydrogens (tertiary/aromatic N) is 1. The molecule has 0 atom stereocenters. The van der Waals surface area contributed by atoms with E-state index in [1.807, 2.05) is 23.1 Å². The quantitative estimate of drug-likeness (QED) is 0.807. The first kappa shape index (κ1) is 13.3. The lowest BCUT2D eigenvalue weighted by Gasteiger charge is -2.18. The van der Waals surface area contributed by atoms with Gasteiger partial charge < -0.3 is 5.11 Å². The maximum atomic E-state index is 10.8. The molecule has 0 spiro atoms. The summed E-state index contributed by atoms with van der Waals surface area (Å²) < 4.78 is 0. The van der Waals surface area contributed by atoms with Crippen LogP contribution in [0.5, 0.6) is 0 Å². The molecular formula is C16H17NO2. The van der Waals surface area contributed by atoms with Gasteiger partial charge in [-0.05, 0) is 22.4 Å². The lowest BCUT2D eigenvalue weighted by Crippen LogP contribution is -2.29. The molecule has 2 aromatic rings. The molecule has 98 valence electrons. The highest BCUT2D eigenvalue weighted by atomic mass is 16.4. The molecule has 0 amide bonds. The monoisotopic (exact) mass is 255 g/mol. The Bertz CT molecular complexity index is 592. The van der Waals surface area contributed by atoms with Crippen LogP contribution in [-0.4, -0.2) is 29.1 Å². The van der Waals surface area contributed by atoms with E-state index in [1.165, 1.54) is 10.8 Å². The van der Waals surface area contributed by atoms with Crippen molar-refractivity contribution >= 4 is 16.7 Å². The van der Waals surface area contributed by atoms with E-state index in [2.05, 4.69) is 30.8 Å². The fourth-order valence-electron chi connectivity index (χ4n) is 2.15. The zero-order chi connectivity index (χ0) is 13.7. The third-order valence-corrected chi connectivity index (χ3v) is 2.97. The Labute approximate surface area is 112 Å². The molecule has 3 heteroatoms. The second-order valence-electron chi connectivity index (χ2n) is 4.53. The van der Waals surface area contributed by atoms with Crippen LogP contribution in [0.4, 0.5) is 0 Å². The van der Waals surface area contributed by atoms with Crippen LogP contribution >= 0.6 is 0 Å². The average molecular weight is 255 g/mol. The van der Waals surface area contributed by atoms with Crippen molar-refractivity contribution in [1.82, 2.24) is 4.90 Å². The molecular weight excluding hydrogens is 238 g/mol. The van der Waals surface area contributed by atoms with Crippen LogP contribution in [-0.2, 0) is 11.3 Å². The molecule has 0 heterocycles. The number of hydrogen-bond donors (Lipinski definition) is 1. The van der Waals surface area contributed by atoms with Gasteiger partial charge in [0.1, 0.15) is 0 Å². The SMILES string of the molecule is C=CCN(CC(=O)O)Cc1ccc2ccccc2c1. The Morgan fingerprint density at radius 3 is 2.63 bits per heavy atom. The van der Waals surface area contributed by atoms with Gasteiger partial charge in [0.05, 0.1) is 6.54 Å². The Morgan fingerprint density at radius 2 is 1.95 bits per heavy atom. The predicted octanol–water partition coefficient (Wildman–Crippen LogP) is 2.91. The van der Waals surface area contributed by atoms with Crippen LogP contribution in [0.3, 0.4) is 0 Å². The second-order valence-corrected chi connectivity index (χ2v) is 4.53. The van der Waals surface area contributed by atoms with E-state index in [0.717, 1.165) is 5.56 Å². The minimum atomic E-state index is -0.817. The number of rotatable bonds is 6. The van der Waals surface area contributed by atoms with Gasteiger partial charge in [-0.15, -0.1) is 6.58 Å². The summed E-state index contributed by atoms with van der Waals surface area (Å²) in [6, 6.07) is 14.4. The van der Waals surface area contributed by atoms with Crippen LogP contribution in [0, 0.1) is 0 Å². The van der Waals surface area contributed by atoms with Gasteiger partial charge in [0.2, 0.25) is 0 Å². The van der Waals surface area contributed by atoms with Crippen molar-refractivity contribution in [2.45, 2.75) is 6.54 Å². The van der Waals surface area contributed by atoms with Crippen molar-refractivity contribution in [3.8, 4) is 0 Å². The van der Waals surface area contributed by atoms with E-state index in [0.29, 0.717) is 13.1 Å². The summed E-state index contributed by atoms with van der Waals surface area (Å²) in [7, 11) is 0. The molecule has 0 fully saturated rings. The van der Waals surface area contributed by atoms with Crippen LogP contribution in [0.2, 0.25) is 0 Å². The summed E-state index contributed by atoms with van der Waals surface area (Å²) in [6.07, 6.45) is 1.73. The van der Waals surface area contributed by atoms with Crippen molar-refractivity contribution in [1.29, 1.82) is 0 Å². The fraction of sp³-hybridized carbons (Fsp3) is 0.188. The van der Waals surface area contributed by atoms with Gasteiger partial charge >= 0.3 is 5.97 Å². The molecule has 0 bridgehead atoms. The molecule has 1 N–H and O–H groups in total. The number of carbonyl (C=O) groups is 1. The summed E-state index contributed by atoms with van der Waals surface area (Å²) in [5.74, 6) is -0.817. The van der Waals surface area contributed by atoms with Gasteiger partial charge in [-0.2, -0.15) is 0 Å². The first-order valence-electron chi connectivity index (χ1n) is 6.22. The maximum absolute atomic E-state index is 10.8. The van der Waals surface area contributed by atoms with Gasteiger partial charge in [-0.1, -0.05) is 42.5 Å². The van der Waals surface area contributed by atoms with Gasteiger partial charge in [-0.3, -0.25) is 9.69 Å². The highest BCUT2D eigenvalue weighted by Gasteiger charge is 2.08. The topological polar surface area (TPSA) is 40.5 Å². The van der Waals surface area contributed by atoms with Crippen molar-refractivity contribution < 1.29 is 9.90 Å². The minimum absolute atomic E-state index is 0.0266. The molecule has 0 saturated heterocycles. The van der Waals surface area contributed by atoms with Crippen LogP contribution in [0.15, 0.2) is 55.1 Å². The van der Waals surface area contributed by atoms with Gasteiger partial charge in [0.15, 0.2) is 0 Å². The Balaban J connectivity index is 2.18. The first-order valence-corrected chi connectivity index (χ1v) is 6.22. The lowest BCUT2D eigenvalue weighted by atomic mass is 10.1. The second kappa shape index (κ2) is 6.16. The number of benzene rings is 2. The zero-order valence-electron chi connectivity index (χ0n) is 10.7. The van der Waals surface area contributed by atoms with Crippen LogP contribution in [0.1, 0.15) is 5.56 Å². The average Bonchev–Trinajstić information content (AvgIpc) is 2.38. The normalized spacial score (nSPS) is 10.8. The highest BCUT2D eigenvalue weighted by Crippen LogP contribution is 2.16. The van der Waals surface area contributed by atoms with E-state index in [9.17, 15) is 4.79 Å². The molecule has 19 heavy (non-hydrogen) atoms. The fourth-order valence-corrected chi connectivity index (χ4v) is 2.15. The van der Waals surface area contributed by atoms with E-state index >= 15 is 0 Å². The molecule has 0 aliphatic carbocycles. The molecule has 2 aromatic carbocycles. The molecule has 0 aliphatic heterocycles.